The number of thiazole rings is 1. The van der Waals surface area contributed by atoms with Crippen molar-refractivity contribution in [3.63, 3.8) is 0 Å². The van der Waals surface area contributed by atoms with Crippen molar-refractivity contribution in [2.45, 2.75) is 25.7 Å². The Hall–Kier alpha value is -3.06. The van der Waals surface area contributed by atoms with Gasteiger partial charge in [-0.25, -0.2) is 9.78 Å². The summed E-state index contributed by atoms with van der Waals surface area (Å²) in [5.74, 6) is -1.00. The Bertz CT molecular complexity index is 1340. The minimum atomic E-state index is -0.552. The van der Waals surface area contributed by atoms with Gasteiger partial charge in [-0.15, -0.1) is 34.0 Å². The molecule has 4 aromatic rings. The lowest BCUT2D eigenvalue weighted by molar-refractivity contribution is -0.119. The topological polar surface area (TPSA) is 92.1 Å². The van der Waals surface area contributed by atoms with Crippen LogP contribution < -0.4 is 5.32 Å². The maximum atomic E-state index is 12.4. The highest BCUT2D eigenvalue weighted by Crippen LogP contribution is 2.38. The molecule has 9 heteroatoms. The normalized spacial score (nSPS) is 12.8. The van der Waals surface area contributed by atoms with E-state index in [0.717, 1.165) is 51.3 Å². The average molecular weight is 480 g/mol. The number of carbonyl (C=O) groups is 2. The molecule has 1 aliphatic rings. The van der Waals surface area contributed by atoms with Crippen LogP contribution in [0, 0.1) is 11.3 Å². The van der Waals surface area contributed by atoms with E-state index in [1.165, 1.54) is 27.6 Å². The summed E-state index contributed by atoms with van der Waals surface area (Å²) in [6.45, 7) is -0.402. The monoisotopic (exact) mass is 479 g/mol. The average Bonchev–Trinajstić information content (AvgIpc) is 3.53. The number of esters is 1. The Morgan fingerprint density at radius 3 is 2.78 bits per heavy atom. The second-order valence-corrected chi connectivity index (χ2v) is 10.5. The third-order valence-electron chi connectivity index (χ3n) is 5.18. The van der Waals surface area contributed by atoms with Gasteiger partial charge in [-0.1, -0.05) is 12.1 Å². The molecular weight excluding hydrogens is 462 g/mol. The molecular formula is C23H17N3O3S3. The number of amides is 1. The fraction of sp³-hybridized carbons (Fsp3) is 0.217. The first-order chi connectivity index (χ1) is 15.6. The van der Waals surface area contributed by atoms with E-state index >= 15 is 0 Å². The Labute approximate surface area is 196 Å². The molecule has 0 saturated carbocycles. The quantitative estimate of drug-likeness (QED) is 0.374. The molecule has 32 heavy (non-hydrogen) atoms. The van der Waals surface area contributed by atoms with Gasteiger partial charge in [0.2, 0.25) is 0 Å². The first kappa shape index (κ1) is 20.8. The van der Waals surface area contributed by atoms with Gasteiger partial charge in [-0.2, -0.15) is 5.26 Å². The number of hydrogen-bond acceptors (Lipinski definition) is 8. The van der Waals surface area contributed by atoms with Crippen LogP contribution >= 0.6 is 34.0 Å². The van der Waals surface area contributed by atoms with Gasteiger partial charge in [0, 0.05) is 4.88 Å². The van der Waals surface area contributed by atoms with Crippen molar-refractivity contribution in [3.05, 3.63) is 57.3 Å². The summed E-state index contributed by atoms with van der Waals surface area (Å²) in [4.78, 5) is 31.9. The van der Waals surface area contributed by atoms with Gasteiger partial charge < -0.3 is 10.1 Å². The number of hydrogen-bond donors (Lipinski definition) is 1. The molecule has 1 aliphatic carbocycles. The largest absolute Gasteiger partial charge is 0.451 e. The molecule has 0 saturated heterocycles. The summed E-state index contributed by atoms with van der Waals surface area (Å²) in [7, 11) is 0. The second-order valence-electron chi connectivity index (χ2n) is 7.30. The van der Waals surface area contributed by atoms with Crippen molar-refractivity contribution in [3.8, 4) is 16.0 Å². The lowest BCUT2D eigenvalue weighted by Crippen LogP contribution is -2.20. The lowest BCUT2D eigenvalue weighted by atomic mass is 9.96. The molecule has 160 valence electrons. The van der Waals surface area contributed by atoms with Crippen LogP contribution in [0.1, 0.15) is 38.5 Å². The number of rotatable bonds is 5. The highest BCUT2D eigenvalue weighted by Gasteiger charge is 2.22. The van der Waals surface area contributed by atoms with Crippen molar-refractivity contribution in [2.75, 3.05) is 11.9 Å². The van der Waals surface area contributed by atoms with Crippen molar-refractivity contribution >= 4 is 61.1 Å². The number of nitrogens with one attached hydrogen (secondary N) is 1. The fourth-order valence-electron chi connectivity index (χ4n) is 3.68. The van der Waals surface area contributed by atoms with E-state index in [1.807, 2.05) is 30.3 Å². The second kappa shape index (κ2) is 8.82. The molecule has 6 nitrogen and oxygen atoms in total. The van der Waals surface area contributed by atoms with E-state index in [9.17, 15) is 14.9 Å². The molecule has 0 radical (unpaired) electrons. The standard InChI is InChI=1S/C23H17N3O3S3/c24-11-14-13-5-1-3-7-16(13)31-21(14)26-20(27)12-29-23(28)19-10-9-18(30-19)22-25-15-6-2-4-8-17(15)32-22/h2,4,6,8-10H,1,3,5,7,12H2,(H,26,27). The van der Waals surface area contributed by atoms with E-state index in [-0.39, 0.29) is 0 Å². The number of anilines is 1. The summed E-state index contributed by atoms with van der Waals surface area (Å²) in [6.07, 6.45) is 3.97. The number of carbonyl (C=O) groups excluding carboxylic acids is 2. The molecule has 0 bridgehead atoms. The molecule has 0 unspecified atom stereocenters. The van der Waals surface area contributed by atoms with Crippen molar-refractivity contribution < 1.29 is 14.3 Å². The van der Waals surface area contributed by atoms with Crippen LogP contribution in [0.5, 0.6) is 0 Å². The molecule has 5 rings (SSSR count). The van der Waals surface area contributed by atoms with Crippen molar-refractivity contribution in [2.24, 2.45) is 0 Å². The van der Waals surface area contributed by atoms with Gasteiger partial charge in [0.15, 0.2) is 6.61 Å². The Morgan fingerprint density at radius 1 is 1.09 bits per heavy atom. The molecule has 1 amide bonds. The molecule has 1 N–H and O–H groups in total. The molecule has 0 spiro atoms. The van der Waals surface area contributed by atoms with Gasteiger partial charge in [0.1, 0.15) is 21.0 Å². The van der Waals surface area contributed by atoms with Crippen LogP contribution in [0.15, 0.2) is 36.4 Å². The van der Waals surface area contributed by atoms with Crippen LogP contribution in [-0.4, -0.2) is 23.5 Å². The third-order valence-corrected chi connectivity index (χ3v) is 8.66. The molecule has 1 aromatic carbocycles. The number of para-hydroxylation sites is 1. The fourth-order valence-corrected chi connectivity index (χ4v) is 6.85. The van der Waals surface area contributed by atoms with Gasteiger partial charge in [0.05, 0.1) is 20.7 Å². The zero-order valence-electron chi connectivity index (χ0n) is 16.8. The zero-order chi connectivity index (χ0) is 22.1. The number of benzene rings is 1. The van der Waals surface area contributed by atoms with E-state index < -0.39 is 18.5 Å². The van der Waals surface area contributed by atoms with Crippen LogP contribution in [0.25, 0.3) is 20.1 Å². The maximum absolute atomic E-state index is 12.4. The zero-order valence-corrected chi connectivity index (χ0v) is 19.3. The predicted octanol–water partition coefficient (Wildman–Crippen LogP) is 5.63. The van der Waals surface area contributed by atoms with Crippen molar-refractivity contribution in [1.29, 1.82) is 5.26 Å². The number of nitriles is 1. The smallest absolute Gasteiger partial charge is 0.348 e. The third kappa shape index (κ3) is 4.05. The summed E-state index contributed by atoms with van der Waals surface area (Å²) in [5.41, 5.74) is 2.52. The molecule has 0 atom stereocenters. The first-order valence-electron chi connectivity index (χ1n) is 10.1. The molecule has 3 heterocycles. The number of fused-ring (bicyclic) bond motifs is 2. The maximum Gasteiger partial charge on any atom is 0.348 e. The summed E-state index contributed by atoms with van der Waals surface area (Å²) in [5, 5.41) is 13.6. The van der Waals surface area contributed by atoms with E-state index in [2.05, 4.69) is 16.4 Å². The number of thiophene rings is 2. The van der Waals surface area contributed by atoms with Gasteiger partial charge >= 0.3 is 5.97 Å². The SMILES string of the molecule is N#Cc1c(NC(=O)COC(=O)c2ccc(-c3nc4ccccc4s3)s2)sc2c1CCCC2. The lowest BCUT2D eigenvalue weighted by Gasteiger charge is -2.09. The highest BCUT2D eigenvalue weighted by atomic mass is 32.1. The molecule has 3 aromatic heterocycles. The van der Waals surface area contributed by atoms with Crippen LogP contribution in [0.2, 0.25) is 0 Å². The Morgan fingerprint density at radius 2 is 1.94 bits per heavy atom. The first-order valence-corrected chi connectivity index (χ1v) is 12.5. The summed E-state index contributed by atoms with van der Waals surface area (Å²) < 4.78 is 6.30. The van der Waals surface area contributed by atoms with Gasteiger partial charge in [-0.3, -0.25) is 4.79 Å². The van der Waals surface area contributed by atoms with Gasteiger partial charge in [0.25, 0.3) is 5.91 Å². The number of nitrogens with zero attached hydrogens (tertiary/aromatic N) is 2. The minimum Gasteiger partial charge on any atom is -0.451 e. The highest BCUT2D eigenvalue weighted by molar-refractivity contribution is 7.26. The Balaban J connectivity index is 1.22. The van der Waals surface area contributed by atoms with Crippen molar-refractivity contribution in [1.82, 2.24) is 4.98 Å². The Kier molecular flexibility index (Phi) is 5.74. The van der Waals surface area contributed by atoms with E-state index in [4.69, 9.17) is 4.74 Å². The number of ether oxygens (including phenoxy) is 1. The van der Waals surface area contributed by atoms with Crippen LogP contribution in [0.3, 0.4) is 0 Å². The van der Waals surface area contributed by atoms with E-state index in [1.54, 1.807) is 17.4 Å². The predicted molar refractivity (Wildman–Crippen MR) is 128 cm³/mol. The summed E-state index contributed by atoms with van der Waals surface area (Å²) >= 11 is 4.31. The minimum absolute atomic E-state index is 0.402. The molecule has 0 aliphatic heterocycles. The van der Waals surface area contributed by atoms with Crippen LogP contribution in [-0.2, 0) is 22.4 Å². The number of aryl methyl sites for hydroxylation is 1. The van der Waals surface area contributed by atoms with Crippen LogP contribution in [0.4, 0.5) is 5.00 Å². The van der Waals surface area contributed by atoms with Gasteiger partial charge in [-0.05, 0) is 55.5 Å². The molecule has 0 fully saturated rings. The van der Waals surface area contributed by atoms with E-state index in [0.29, 0.717) is 15.4 Å². The summed E-state index contributed by atoms with van der Waals surface area (Å²) in [6, 6.07) is 13.6. The number of aromatic nitrogens is 1.